The third kappa shape index (κ3) is 14.2. The van der Waals surface area contributed by atoms with Crippen molar-refractivity contribution in [2.45, 2.75) is 117 Å². The molecular weight excluding hydrogens is 759 g/mol. The van der Waals surface area contributed by atoms with E-state index in [1.165, 1.54) is 26.0 Å². The van der Waals surface area contributed by atoms with Crippen LogP contribution in [0.25, 0.3) is 0 Å². The van der Waals surface area contributed by atoms with Gasteiger partial charge in [-0.3, -0.25) is 24.0 Å². The Labute approximate surface area is 347 Å². The maximum absolute atomic E-state index is 14.1. The number of ether oxygens (including phenoxy) is 2. The second-order valence-corrected chi connectivity index (χ2v) is 16.0. The monoisotopic (exact) mass is 819 g/mol. The normalized spacial score (nSPS) is 14.3. The van der Waals surface area contributed by atoms with E-state index in [4.69, 9.17) is 9.47 Å². The quantitative estimate of drug-likeness (QED) is 0.0522. The Balaban J connectivity index is 1.79. The molecule has 0 unspecified atom stereocenters. The number of nitrogens with one attached hydrogen (secondary N) is 3. The molecule has 1 heterocycles. The van der Waals surface area contributed by atoms with Gasteiger partial charge in [-0.1, -0.05) is 83.0 Å². The zero-order valence-corrected chi connectivity index (χ0v) is 36.1. The predicted molar refractivity (Wildman–Crippen MR) is 224 cm³/mol. The topological polar surface area (TPSA) is 173 Å². The number of amides is 3. The zero-order chi connectivity index (χ0) is 42.9. The molecule has 316 valence electrons. The van der Waals surface area contributed by atoms with E-state index in [1.54, 1.807) is 60.6 Å². The fourth-order valence-electron chi connectivity index (χ4n) is 6.59. The van der Waals surface area contributed by atoms with Gasteiger partial charge in [0.1, 0.15) is 22.8 Å². The number of thiazole rings is 1. The Hall–Kier alpha value is -4.95. The lowest BCUT2D eigenvalue weighted by atomic mass is 9.93. The minimum Gasteiger partial charge on any atom is -0.455 e. The highest BCUT2D eigenvalue weighted by Gasteiger charge is 2.36. The van der Waals surface area contributed by atoms with Gasteiger partial charge in [0, 0.05) is 43.8 Å². The Morgan fingerprint density at radius 2 is 1.50 bits per heavy atom. The van der Waals surface area contributed by atoms with Crippen molar-refractivity contribution >= 4 is 46.8 Å². The molecule has 0 fully saturated rings. The number of likely N-dealkylation sites (N-methyl/N-ethyl adjacent to an activating group) is 1. The molecule has 0 spiro atoms. The van der Waals surface area contributed by atoms with E-state index in [9.17, 15) is 28.8 Å². The predicted octanol–water partition coefficient (Wildman–Crippen LogP) is 6.85. The molecule has 0 saturated heterocycles. The van der Waals surface area contributed by atoms with Gasteiger partial charge in [0.05, 0.1) is 11.6 Å². The summed E-state index contributed by atoms with van der Waals surface area (Å²) in [6.07, 6.45) is 2.09. The molecule has 0 bridgehead atoms. The summed E-state index contributed by atoms with van der Waals surface area (Å²) in [5, 5.41) is 11.0. The van der Waals surface area contributed by atoms with E-state index in [-0.39, 0.29) is 47.1 Å². The van der Waals surface area contributed by atoms with Gasteiger partial charge in [0.25, 0.3) is 5.91 Å². The molecule has 1 aromatic heterocycles. The highest BCUT2D eigenvalue weighted by atomic mass is 32.1. The van der Waals surface area contributed by atoms with Crippen molar-refractivity contribution in [1.29, 1.82) is 0 Å². The summed E-state index contributed by atoms with van der Waals surface area (Å²) >= 11 is 1.16. The number of Topliss-reactive ketones (excluding diaryl/α,β-unsaturated/α-hetero) is 1. The minimum absolute atomic E-state index is 0.0687. The molecule has 0 aliphatic carbocycles. The van der Waals surface area contributed by atoms with Crippen LogP contribution in [0.3, 0.4) is 0 Å². The summed E-state index contributed by atoms with van der Waals surface area (Å²) in [5.74, 6) is -2.39. The summed E-state index contributed by atoms with van der Waals surface area (Å²) in [4.78, 5) is 84.3. The molecule has 0 saturated carbocycles. The number of carbonyl (C=O) groups excluding carboxylic acids is 6. The summed E-state index contributed by atoms with van der Waals surface area (Å²) in [7, 11) is 3.60. The summed E-state index contributed by atoms with van der Waals surface area (Å²) in [6.45, 7) is 13.2. The lowest BCUT2D eigenvalue weighted by molar-refractivity contribution is -0.149. The van der Waals surface area contributed by atoms with Crippen molar-refractivity contribution in [2.75, 3.05) is 20.6 Å². The molecule has 3 rings (SSSR count). The third-order valence-corrected chi connectivity index (χ3v) is 11.2. The molecule has 3 amide bonds. The molecule has 6 atom stereocenters. The van der Waals surface area contributed by atoms with Crippen LogP contribution in [0.4, 0.5) is 0 Å². The lowest BCUT2D eigenvalue weighted by Crippen LogP contribution is -2.54. The standard InChI is InChI=1S/C44H61N5O8S/c1-10-28(4)39(48-38(52)19-15-12-16-24-45-8)43(54)49(9)36(27(2)3)25-37(56-31(7)51)42-47-35(26-58-42)41(53)46-29(5)40(33-17-13-11-14-18-33)57-44(55)34-22-20-32(21-23-34)30(6)50/h11,13-14,17-18,20-23,26-29,36-37,39-40,45H,10,12,15-16,19,24-25H2,1-9H3,(H,46,53)(H,48,52)/t28-,29+,36+,37+,39-,40+/m0/s1. The molecule has 0 aliphatic heterocycles. The van der Waals surface area contributed by atoms with Crippen LogP contribution in [-0.4, -0.2) is 84.1 Å². The van der Waals surface area contributed by atoms with Crippen LogP contribution in [-0.2, 0) is 23.9 Å². The van der Waals surface area contributed by atoms with Gasteiger partial charge in [-0.2, -0.15) is 0 Å². The first-order chi connectivity index (χ1) is 27.6. The van der Waals surface area contributed by atoms with E-state index in [0.717, 1.165) is 37.1 Å². The molecule has 3 N–H and O–H groups in total. The van der Waals surface area contributed by atoms with Gasteiger partial charge in [-0.15, -0.1) is 11.3 Å². The first-order valence-electron chi connectivity index (χ1n) is 20.1. The van der Waals surface area contributed by atoms with Crippen LogP contribution in [0.5, 0.6) is 0 Å². The molecule has 0 aliphatic rings. The van der Waals surface area contributed by atoms with Crippen molar-refractivity contribution < 1.29 is 38.2 Å². The number of carbonyl (C=O) groups is 6. The van der Waals surface area contributed by atoms with E-state index < -0.39 is 48.2 Å². The van der Waals surface area contributed by atoms with E-state index >= 15 is 0 Å². The van der Waals surface area contributed by atoms with Crippen molar-refractivity contribution in [2.24, 2.45) is 11.8 Å². The largest absolute Gasteiger partial charge is 0.455 e. The Kier molecular flexibility index (Phi) is 19.2. The first-order valence-corrected chi connectivity index (χ1v) is 21.0. The number of unbranched alkanes of at least 4 members (excludes halogenated alkanes) is 2. The average molecular weight is 820 g/mol. The number of rotatable bonds is 23. The van der Waals surface area contributed by atoms with Crippen molar-refractivity contribution in [3.63, 3.8) is 0 Å². The highest BCUT2D eigenvalue weighted by molar-refractivity contribution is 7.09. The van der Waals surface area contributed by atoms with Crippen LogP contribution in [0, 0.1) is 11.8 Å². The Bertz CT molecular complexity index is 1820. The number of hydrogen-bond donors (Lipinski definition) is 3. The summed E-state index contributed by atoms with van der Waals surface area (Å²) in [6, 6.07) is 13.4. The fraction of sp³-hybridized carbons (Fsp3) is 0.523. The second-order valence-electron chi connectivity index (χ2n) is 15.1. The first kappa shape index (κ1) is 47.4. The highest BCUT2D eigenvalue weighted by Crippen LogP contribution is 2.31. The lowest BCUT2D eigenvalue weighted by Gasteiger charge is -2.37. The third-order valence-electron chi connectivity index (χ3n) is 10.2. The van der Waals surface area contributed by atoms with E-state index in [2.05, 4.69) is 20.9 Å². The molecular formula is C44H61N5O8S. The Morgan fingerprint density at radius 1 is 0.845 bits per heavy atom. The minimum atomic E-state index is -0.871. The van der Waals surface area contributed by atoms with Gasteiger partial charge in [0.2, 0.25) is 11.8 Å². The summed E-state index contributed by atoms with van der Waals surface area (Å²) in [5.41, 5.74) is 1.46. The molecule has 13 nitrogen and oxygen atoms in total. The van der Waals surface area contributed by atoms with Gasteiger partial charge in [-0.25, -0.2) is 9.78 Å². The van der Waals surface area contributed by atoms with Crippen LogP contribution in [0.15, 0.2) is 60.0 Å². The van der Waals surface area contributed by atoms with Gasteiger partial charge >= 0.3 is 11.9 Å². The van der Waals surface area contributed by atoms with Crippen LogP contribution >= 0.6 is 11.3 Å². The molecule has 58 heavy (non-hydrogen) atoms. The number of hydrogen-bond acceptors (Lipinski definition) is 11. The van der Waals surface area contributed by atoms with Crippen LogP contribution in [0.2, 0.25) is 0 Å². The van der Waals surface area contributed by atoms with Gasteiger partial charge in [0.15, 0.2) is 11.9 Å². The molecule has 0 radical (unpaired) electrons. The maximum Gasteiger partial charge on any atom is 0.338 e. The number of esters is 2. The SMILES string of the molecule is CC[C@H](C)[C@H](NC(=O)CCCCCNC)C(=O)N(C)[C@H](C[C@@H](OC(C)=O)c1nc(C(=O)N[C@H](C)[C@@H](OC(=O)c2ccc(C(C)=O)cc2)c2ccccc2)cs1)C(C)C. The van der Waals surface area contributed by atoms with E-state index in [1.807, 2.05) is 40.8 Å². The number of aromatic nitrogens is 1. The van der Waals surface area contributed by atoms with Crippen molar-refractivity contribution in [3.8, 4) is 0 Å². The van der Waals surface area contributed by atoms with Crippen molar-refractivity contribution in [3.05, 3.63) is 87.4 Å². The molecule has 3 aromatic rings. The van der Waals surface area contributed by atoms with Crippen LogP contribution in [0.1, 0.15) is 141 Å². The van der Waals surface area contributed by atoms with Crippen LogP contribution < -0.4 is 16.0 Å². The van der Waals surface area contributed by atoms with Gasteiger partial charge < -0.3 is 30.3 Å². The van der Waals surface area contributed by atoms with Crippen molar-refractivity contribution in [1.82, 2.24) is 25.8 Å². The molecule has 14 heteroatoms. The van der Waals surface area contributed by atoms with Gasteiger partial charge in [-0.05, 0) is 69.8 Å². The average Bonchev–Trinajstić information content (AvgIpc) is 3.70. The fourth-order valence-corrected chi connectivity index (χ4v) is 7.43. The number of ketones is 1. The maximum atomic E-state index is 14.1. The number of nitrogens with zero attached hydrogens (tertiary/aromatic N) is 2. The Morgan fingerprint density at radius 3 is 2.09 bits per heavy atom. The smallest absolute Gasteiger partial charge is 0.338 e. The summed E-state index contributed by atoms with van der Waals surface area (Å²) < 4.78 is 11.7. The number of benzene rings is 2. The zero-order valence-electron chi connectivity index (χ0n) is 35.3. The van der Waals surface area contributed by atoms with E-state index in [0.29, 0.717) is 29.0 Å². The molecule has 2 aromatic carbocycles. The second kappa shape index (κ2) is 23.5.